The highest BCUT2D eigenvalue weighted by molar-refractivity contribution is 6.62. The molecule has 0 aromatic carbocycles. The van der Waals surface area contributed by atoms with E-state index < -0.39 is 8.80 Å². The summed E-state index contributed by atoms with van der Waals surface area (Å²) in [6.07, 6.45) is 1.61. The molecule has 0 spiro atoms. The van der Waals surface area contributed by atoms with Crippen LogP contribution in [0.1, 0.15) is 19.8 Å². The third kappa shape index (κ3) is 4.18. The molecule has 0 rings (SSSR count). The normalized spacial score (nSPS) is 16.4. The maximum atomic E-state index is 5.80. The van der Waals surface area contributed by atoms with Crippen molar-refractivity contribution in [2.45, 2.75) is 31.3 Å². The summed E-state index contributed by atoms with van der Waals surface area (Å²) >= 11 is 0. The molecule has 0 radical (unpaired) electrons. The summed E-state index contributed by atoms with van der Waals surface area (Å²) in [4.78, 5) is 0. The molecule has 0 amide bonds. The minimum atomic E-state index is -2.59. The fourth-order valence-corrected chi connectivity index (χ4v) is 4.52. The van der Waals surface area contributed by atoms with Crippen molar-refractivity contribution < 1.29 is 13.3 Å². The minimum absolute atomic E-state index is 0.0916. The van der Waals surface area contributed by atoms with Gasteiger partial charge in [-0.15, -0.1) is 0 Å². The molecule has 92 valence electrons. The minimum Gasteiger partial charge on any atom is -0.377 e. The predicted octanol–water partition coefficient (Wildman–Crippen LogP) is 0.321. The van der Waals surface area contributed by atoms with E-state index in [9.17, 15) is 0 Å². The van der Waals surface area contributed by atoms with E-state index in [2.05, 4.69) is 0 Å². The highest BCUT2D eigenvalue weighted by atomic mass is 28.4. The van der Waals surface area contributed by atoms with Crippen LogP contribution in [0, 0.1) is 0 Å². The Labute approximate surface area is 93.4 Å². The fraction of sp³-hybridized carbons (Fsp3) is 1.00. The standard InChI is InChI=1S/C9H24N2O3Si/c1-8(11)7-9(5-6-10)15(12-2,13-3)14-4/h8-9H,5-7,10-11H2,1-4H3. The van der Waals surface area contributed by atoms with Crippen molar-refractivity contribution in [3.63, 3.8) is 0 Å². The zero-order valence-corrected chi connectivity index (χ0v) is 11.2. The van der Waals surface area contributed by atoms with Gasteiger partial charge in [0.2, 0.25) is 0 Å². The van der Waals surface area contributed by atoms with Gasteiger partial charge in [0, 0.05) is 32.9 Å². The van der Waals surface area contributed by atoms with Gasteiger partial charge < -0.3 is 24.7 Å². The van der Waals surface area contributed by atoms with Gasteiger partial charge in [0.05, 0.1) is 0 Å². The molecule has 5 nitrogen and oxygen atoms in total. The molecular weight excluding hydrogens is 212 g/mol. The number of hydrogen-bond acceptors (Lipinski definition) is 5. The molecule has 0 aliphatic heterocycles. The second-order valence-corrected chi connectivity index (χ2v) is 6.95. The summed E-state index contributed by atoms with van der Waals surface area (Å²) in [6.45, 7) is 2.55. The zero-order valence-electron chi connectivity index (χ0n) is 10.2. The zero-order chi connectivity index (χ0) is 11.9. The smallest absolute Gasteiger partial charge is 0.377 e. The van der Waals surface area contributed by atoms with Gasteiger partial charge in [0.1, 0.15) is 0 Å². The SMILES string of the molecule is CO[Si](OC)(OC)C(CCN)CC(C)N. The Balaban J connectivity index is 4.65. The van der Waals surface area contributed by atoms with E-state index >= 15 is 0 Å². The Bertz CT molecular complexity index is 157. The van der Waals surface area contributed by atoms with E-state index in [4.69, 9.17) is 24.7 Å². The molecule has 2 atom stereocenters. The molecule has 2 unspecified atom stereocenters. The first-order valence-corrected chi connectivity index (χ1v) is 6.97. The molecule has 15 heavy (non-hydrogen) atoms. The Morgan fingerprint density at radius 3 is 1.87 bits per heavy atom. The lowest BCUT2D eigenvalue weighted by atomic mass is 10.1. The summed E-state index contributed by atoms with van der Waals surface area (Å²) in [5.74, 6) is 0. The van der Waals surface area contributed by atoms with Gasteiger partial charge in [-0.1, -0.05) is 0 Å². The van der Waals surface area contributed by atoms with Crippen molar-refractivity contribution in [3.8, 4) is 0 Å². The van der Waals surface area contributed by atoms with E-state index in [0.717, 1.165) is 12.8 Å². The van der Waals surface area contributed by atoms with Crippen molar-refractivity contribution in [2.24, 2.45) is 11.5 Å². The van der Waals surface area contributed by atoms with Gasteiger partial charge in [-0.3, -0.25) is 0 Å². The van der Waals surface area contributed by atoms with Gasteiger partial charge in [-0.05, 0) is 26.3 Å². The van der Waals surface area contributed by atoms with Crippen molar-refractivity contribution >= 4 is 8.80 Å². The molecule has 0 aliphatic carbocycles. The summed E-state index contributed by atoms with van der Waals surface area (Å²) in [5.41, 5.74) is 11.5. The lowest BCUT2D eigenvalue weighted by Crippen LogP contribution is -2.49. The molecule has 6 heteroatoms. The summed E-state index contributed by atoms with van der Waals surface area (Å²) in [6, 6.07) is 0.0916. The quantitative estimate of drug-likeness (QED) is 0.593. The average molecular weight is 236 g/mol. The van der Waals surface area contributed by atoms with Gasteiger partial charge >= 0.3 is 8.80 Å². The summed E-state index contributed by atoms with van der Waals surface area (Å²) in [7, 11) is 2.25. The van der Waals surface area contributed by atoms with Crippen molar-refractivity contribution in [1.82, 2.24) is 0 Å². The van der Waals surface area contributed by atoms with Crippen LogP contribution in [0.25, 0.3) is 0 Å². The van der Waals surface area contributed by atoms with Crippen molar-refractivity contribution in [2.75, 3.05) is 27.9 Å². The Kier molecular flexibility index (Phi) is 7.32. The number of rotatable bonds is 8. The largest absolute Gasteiger partial charge is 0.503 e. The van der Waals surface area contributed by atoms with Crippen LogP contribution < -0.4 is 11.5 Å². The number of hydrogen-bond donors (Lipinski definition) is 2. The predicted molar refractivity (Wildman–Crippen MR) is 62.5 cm³/mol. The van der Waals surface area contributed by atoms with E-state index in [1.807, 2.05) is 6.92 Å². The monoisotopic (exact) mass is 236 g/mol. The maximum Gasteiger partial charge on any atom is 0.503 e. The van der Waals surface area contributed by atoms with E-state index in [0.29, 0.717) is 6.54 Å². The first-order valence-electron chi connectivity index (χ1n) is 5.17. The van der Waals surface area contributed by atoms with Gasteiger partial charge in [0.25, 0.3) is 0 Å². The molecule has 0 aliphatic rings. The highest BCUT2D eigenvalue weighted by Gasteiger charge is 2.46. The van der Waals surface area contributed by atoms with Crippen LogP contribution in [0.5, 0.6) is 0 Å². The van der Waals surface area contributed by atoms with E-state index in [1.54, 1.807) is 21.3 Å². The molecule has 0 bridgehead atoms. The van der Waals surface area contributed by atoms with E-state index in [-0.39, 0.29) is 11.6 Å². The molecule has 0 saturated carbocycles. The first kappa shape index (κ1) is 15.0. The van der Waals surface area contributed by atoms with Crippen LogP contribution in [0.3, 0.4) is 0 Å². The molecule has 0 aromatic rings. The van der Waals surface area contributed by atoms with Crippen LogP contribution in [0.15, 0.2) is 0 Å². The van der Waals surface area contributed by atoms with Gasteiger partial charge in [-0.2, -0.15) is 0 Å². The molecule has 0 heterocycles. The van der Waals surface area contributed by atoms with E-state index in [1.165, 1.54) is 0 Å². The Morgan fingerprint density at radius 1 is 1.13 bits per heavy atom. The van der Waals surface area contributed by atoms with Crippen LogP contribution in [-0.4, -0.2) is 42.7 Å². The fourth-order valence-electron chi connectivity index (χ4n) is 1.84. The molecule has 0 fully saturated rings. The molecule has 0 aromatic heterocycles. The average Bonchev–Trinajstić information content (AvgIpc) is 2.21. The third-order valence-corrected chi connectivity index (χ3v) is 5.76. The molecule has 0 saturated heterocycles. The summed E-state index contributed by atoms with van der Waals surface area (Å²) in [5, 5.41) is 0. The van der Waals surface area contributed by atoms with Gasteiger partial charge in [0.15, 0.2) is 0 Å². The number of nitrogens with two attached hydrogens (primary N) is 2. The Morgan fingerprint density at radius 2 is 1.60 bits per heavy atom. The maximum absolute atomic E-state index is 5.80. The topological polar surface area (TPSA) is 79.7 Å². The Hall–Kier alpha value is 0.0169. The lowest BCUT2D eigenvalue weighted by Gasteiger charge is -2.33. The first-order chi connectivity index (χ1) is 7.06. The van der Waals surface area contributed by atoms with Crippen LogP contribution >= 0.6 is 0 Å². The molecular formula is C9H24N2O3Si. The summed E-state index contributed by atoms with van der Waals surface area (Å²) < 4.78 is 16.3. The van der Waals surface area contributed by atoms with Crippen molar-refractivity contribution in [3.05, 3.63) is 0 Å². The molecule has 4 N–H and O–H groups in total. The second kappa shape index (κ2) is 7.32. The second-order valence-electron chi connectivity index (χ2n) is 3.70. The van der Waals surface area contributed by atoms with Crippen LogP contribution in [-0.2, 0) is 13.3 Å². The van der Waals surface area contributed by atoms with Crippen molar-refractivity contribution in [1.29, 1.82) is 0 Å². The third-order valence-electron chi connectivity index (χ3n) is 2.52. The lowest BCUT2D eigenvalue weighted by molar-refractivity contribution is 0.107. The van der Waals surface area contributed by atoms with Crippen LogP contribution in [0.4, 0.5) is 0 Å². The van der Waals surface area contributed by atoms with Gasteiger partial charge in [-0.25, -0.2) is 0 Å². The highest BCUT2D eigenvalue weighted by Crippen LogP contribution is 2.31. The van der Waals surface area contributed by atoms with Crippen LogP contribution in [0.2, 0.25) is 5.54 Å².